The summed E-state index contributed by atoms with van der Waals surface area (Å²) in [6, 6.07) is 12.0. The van der Waals surface area contributed by atoms with Crippen molar-refractivity contribution < 1.29 is 17.9 Å². The van der Waals surface area contributed by atoms with Crippen molar-refractivity contribution in [2.45, 2.75) is 31.3 Å². The lowest BCUT2D eigenvalue weighted by atomic mass is 10.1. The maximum absolute atomic E-state index is 12.8. The second-order valence-corrected chi connectivity index (χ2v) is 9.64. The summed E-state index contributed by atoms with van der Waals surface area (Å²) in [6.07, 6.45) is 1.54. The summed E-state index contributed by atoms with van der Waals surface area (Å²) in [6.45, 7) is 4.54. The number of hydrogen-bond donors (Lipinski definition) is 1. The smallest absolute Gasteiger partial charge is 0.268 e. The van der Waals surface area contributed by atoms with Gasteiger partial charge in [-0.05, 0) is 61.4 Å². The summed E-state index contributed by atoms with van der Waals surface area (Å²) in [5.41, 5.74) is 2.92. The van der Waals surface area contributed by atoms with Gasteiger partial charge in [0.1, 0.15) is 5.75 Å². The number of ether oxygens (including phenoxy) is 1. The van der Waals surface area contributed by atoms with Crippen LogP contribution in [-0.4, -0.2) is 32.0 Å². The number of nitrogens with zero attached hydrogens (tertiary/aromatic N) is 2. The Morgan fingerprint density at radius 3 is 2.57 bits per heavy atom. The number of anilines is 2. The summed E-state index contributed by atoms with van der Waals surface area (Å²) in [5, 5.41) is 2.00. The van der Waals surface area contributed by atoms with Gasteiger partial charge in [-0.2, -0.15) is 0 Å². The van der Waals surface area contributed by atoms with Crippen LogP contribution < -0.4 is 14.4 Å². The molecule has 9 heteroatoms. The summed E-state index contributed by atoms with van der Waals surface area (Å²) in [4.78, 5) is 18.5. The van der Waals surface area contributed by atoms with E-state index in [1.165, 1.54) is 35.2 Å². The van der Waals surface area contributed by atoms with Crippen LogP contribution in [0.4, 0.5) is 10.8 Å². The van der Waals surface area contributed by atoms with Crippen LogP contribution in [0.5, 0.6) is 5.75 Å². The van der Waals surface area contributed by atoms with Gasteiger partial charge in [0.25, 0.3) is 15.9 Å². The quantitative estimate of drug-likeness (QED) is 0.627. The van der Waals surface area contributed by atoms with Crippen molar-refractivity contribution in [3.63, 3.8) is 0 Å². The second-order valence-electron chi connectivity index (χ2n) is 7.07. The fourth-order valence-corrected chi connectivity index (χ4v) is 5.01. The van der Waals surface area contributed by atoms with E-state index in [0.29, 0.717) is 29.5 Å². The average molecular weight is 444 g/mol. The Morgan fingerprint density at radius 1 is 1.13 bits per heavy atom. The molecule has 1 amide bonds. The molecule has 2 heterocycles. The number of amides is 1. The Balaban J connectivity index is 1.45. The number of carbonyl (C=O) groups is 1. The van der Waals surface area contributed by atoms with Crippen LogP contribution >= 0.6 is 11.3 Å². The zero-order chi connectivity index (χ0) is 21.3. The molecule has 0 saturated carbocycles. The Labute approximate surface area is 179 Å². The molecule has 0 radical (unpaired) electrons. The van der Waals surface area contributed by atoms with Gasteiger partial charge in [-0.15, -0.1) is 11.3 Å². The van der Waals surface area contributed by atoms with Crippen LogP contribution in [0.15, 0.2) is 58.9 Å². The molecule has 0 aliphatic carbocycles. The lowest BCUT2D eigenvalue weighted by Gasteiger charge is -2.18. The fraction of sp³-hybridized carbons (Fsp3) is 0.238. The van der Waals surface area contributed by atoms with Crippen LogP contribution in [0.2, 0.25) is 0 Å². The molecule has 30 heavy (non-hydrogen) atoms. The van der Waals surface area contributed by atoms with Gasteiger partial charge in [0.15, 0.2) is 11.2 Å². The molecule has 0 bridgehead atoms. The van der Waals surface area contributed by atoms with Gasteiger partial charge in [-0.3, -0.25) is 9.52 Å². The third-order valence-corrected chi connectivity index (χ3v) is 7.20. The standard InChI is InChI=1S/C21H21N3O4S2/c1-14-3-6-17(13-15(14)2)28-19-9-11-24(20(19)25)16-4-7-18(8-5-16)30(26,27)23-21-22-10-12-29-21/h3-8,10,12-13,19H,9,11H2,1-2H3,(H,22,23). The Bertz CT molecular complexity index is 1160. The molecule has 1 aromatic heterocycles. The van der Waals surface area contributed by atoms with E-state index < -0.39 is 16.1 Å². The summed E-state index contributed by atoms with van der Waals surface area (Å²) in [5.74, 6) is 0.540. The topological polar surface area (TPSA) is 88.6 Å². The zero-order valence-corrected chi connectivity index (χ0v) is 18.2. The first-order valence-electron chi connectivity index (χ1n) is 9.41. The maximum Gasteiger partial charge on any atom is 0.268 e. The minimum absolute atomic E-state index is 0.107. The highest BCUT2D eigenvalue weighted by Gasteiger charge is 2.34. The molecule has 7 nitrogen and oxygen atoms in total. The monoisotopic (exact) mass is 443 g/mol. The molecule has 1 atom stereocenters. The average Bonchev–Trinajstić information content (AvgIpc) is 3.35. The molecule has 0 spiro atoms. The van der Waals surface area contributed by atoms with Crippen molar-refractivity contribution in [1.29, 1.82) is 0 Å². The highest BCUT2D eigenvalue weighted by molar-refractivity contribution is 7.93. The second kappa shape index (κ2) is 8.08. The van der Waals surface area contributed by atoms with Gasteiger partial charge in [-0.25, -0.2) is 13.4 Å². The van der Waals surface area contributed by atoms with Gasteiger partial charge in [0.05, 0.1) is 4.90 Å². The van der Waals surface area contributed by atoms with Crippen molar-refractivity contribution in [3.8, 4) is 5.75 Å². The molecular formula is C21H21N3O4S2. The predicted octanol–water partition coefficient (Wildman–Crippen LogP) is 3.75. The number of nitrogens with one attached hydrogen (secondary N) is 1. The first-order valence-corrected chi connectivity index (χ1v) is 11.8. The number of aromatic nitrogens is 1. The number of sulfonamides is 1. The van der Waals surface area contributed by atoms with Gasteiger partial charge in [0.2, 0.25) is 0 Å². The van der Waals surface area contributed by atoms with E-state index in [1.807, 2.05) is 32.0 Å². The Hall–Kier alpha value is -2.91. The first kappa shape index (κ1) is 20.4. The van der Waals surface area contributed by atoms with Gasteiger partial charge in [0, 0.05) is 30.2 Å². The zero-order valence-electron chi connectivity index (χ0n) is 16.5. The first-order chi connectivity index (χ1) is 14.3. The molecule has 4 rings (SSSR count). The van der Waals surface area contributed by atoms with Crippen molar-refractivity contribution in [2.24, 2.45) is 0 Å². The molecular weight excluding hydrogens is 422 g/mol. The number of rotatable bonds is 6. The number of benzene rings is 2. The Kier molecular flexibility index (Phi) is 5.48. The van der Waals surface area contributed by atoms with Gasteiger partial charge >= 0.3 is 0 Å². The van der Waals surface area contributed by atoms with Crippen molar-refractivity contribution >= 4 is 38.1 Å². The van der Waals surface area contributed by atoms with Crippen LogP contribution in [0.25, 0.3) is 0 Å². The number of aryl methyl sites for hydroxylation is 2. The van der Waals surface area contributed by atoms with Crippen LogP contribution in [0, 0.1) is 13.8 Å². The predicted molar refractivity (Wildman–Crippen MR) is 117 cm³/mol. The number of carbonyl (C=O) groups excluding carboxylic acids is 1. The lowest BCUT2D eigenvalue weighted by molar-refractivity contribution is -0.122. The normalized spacial score (nSPS) is 16.7. The number of thiazole rings is 1. The molecule has 1 aliphatic rings. The van der Waals surface area contributed by atoms with Crippen molar-refractivity contribution in [3.05, 3.63) is 65.2 Å². The van der Waals surface area contributed by atoms with Crippen LogP contribution in [-0.2, 0) is 14.8 Å². The van der Waals surface area contributed by atoms with Crippen molar-refractivity contribution in [2.75, 3.05) is 16.2 Å². The van der Waals surface area contributed by atoms with E-state index in [1.54, 1.807) is 22.4 Å². The molecule has 1 fully saturated rings. The van der Waals surface area contributed by atoms with Crippen LogP contribution in [0.3, 0.4) is 0 Å². The van der Waals surface area contributed by atoms with E-state index in [9.17, 15) is 13.2 Å². The molecule has 156 valence electrons. The van der Waals surface area contributed by atoms with Crippen molar-refractivity contribution in [1.82, 2.24) is 4.98 Å². The molecule has 1 saturated heterocycles. The fourth-order valence-electron chi connectivity index (χ4n) is 3.22. The molecule has 3 aromatic rings. The largest absolute Gasteiger partial charge is 0.481 e. The van der Waals surface area contributed by atoms with Crippen LogP contribution in [0.1, 0.15) is 17.5 Å². The van der Waals surface area contributed by atoms with E-state index in [0.717, 1.165) is 5.56 Å². The lowest BCUT2D eigenvalue weighted by Crippen LogP contribution is -2.32. The maximum atomic E-state index is 12.8. The summed E-state index contributed by atoms with van der Waals surface area (Å²) < 4.78 is 33.3. The number of hydrogen-bond acceptors (Lipinski definition) is 6. The summed E-state index contributed by atoms with van der Waals surface area (Å²) in [7, 11) is -3.73. The third-order valence-electron chi connectivity index (χ3n) is 5.03. The van der Waals surface area contributed by atoms with Gasteiger partial charge < -0.3 is 9.64 Å². The van der Waals surface area contributed by atoms with E-state index >= 15 is 0 Å². The summed E-state index contributed by atoms with van der Waals surface area (Å²) >= 11 is 1.20. The van der Waals surface area contributed by atoms with E-state index in [2.05, 4.69) is 9.71 Å². The SMILES string of the molecule is Cc1ccc(OC2CCN(c3ccc(S(=O)(=O)Nc4nccs4)cc3)C2=O)cc1C. The van der Waals surface area contributed by atoms with E-state index in [4.69, 9.17) is 4.74 Å². The molecule has 1 unspecified atom stereocenters. The molecule has 2 aromatic carbocycles. The molecule has 1 N–H and O–H groups in total. The highest BCUT2D eigenvalue weighted by atomic mass is 32.2. The van der Waals surface area contributed by atoms with E-state index in [-0.39, 0.29) is 10.8 Å². The Morgan fingerprint density at radius 2 is 1.90 bits per heavy atom. The minimum Gasteiger partial charge on any atom is -0.481 e. The minimum atomic E-state index is -3.73. The highest BCUT2D eigenvalue weighted by Crippen LogP contribution is 2.27. The molecule has 1 aliphatic heterocycles. The van der Waals surface area contributed by atoms with Gasteiger partial charge in [-0.1, -0.05) is 6.07 Å². The third kappa shape index (κ3) is 4.17.